The van der Waals surface area contributed by atoms with Crippen LogP contribution in [0.15, 0.2) is 33.6 Å². The maximum atomic E-state index is 11.7. The Hall–Kier alpha value is -1.01. The summed E-state index contributed by atoms with van der Waals surface area (Å²) in [7, 11) is 0. The summed E-state index contributed by atoms with van der Waals surface area (Å²) < 4.78 is 1.04. The van der Waals surface area contributed by atoms with Crippen molar-refractivity contribution in [3.05, 3.63) is 28.7 Å². The zero-order chi connectivity index (χ0) is 16.4. The highest BCUT2D eigenvalue weighted by Crippen LogP contribution is 2.27. The van der Waals surface area contributed by atoms with Crippen LogP contribution in [-0.4, -0.2) is 30.2 Å². The van der Waals surface area contributed by atoms with Crippen LogP contribution < -0.4 is 10.6 Å². The van der Waals surface area contributed by atoms with E-state index in [1.165, 1.54) is 0 Å². The van der Waals surface area contributed by atoms with Crippen LogP contribution in [0, 0.1) is 0 Å². The normalized spacial score (nSPS) is 11.8. The van der Waals surface area contributed by atoms with Crippen LogP contribution in [0.2, 0.25) is 0 Å². The number of nitrogens with one attached hydrogen (secondary N) is 2. The third-order valence-corrected chi connectivity index (χ3v) is 5.15. The quantitative estimate of drug-likeness (QED) is 0.639. The summed E-state index contributed by atoms with van der Waals surface area (Å²) in [4.78, 5) is 24.4. The molecule has 1 aromatic rings. The molecule has 0 aliphatic carbocycles. The van der Waals surface area contributed by atoms with Gasteiger partial charge < -0.3 is 10.6 Å². The van der Waals surface area contributed by atoms with Crippen molar-refractivity contribution in [2.24, 2.45) is 0 Å². The van der Waals surface area contributed by atoms with Gasteiger partial charge in [-0.25, -0.2) is 0 Å². The summed E-state index contributed by atoms with van der Waals surface area (Å²) in [5, 5.41) is 5.66. The number of hydrogen-bond acceptors (Lipinski definition) is 3. The van der Waals surface area contributed by atoms with E-state index in [4.69, 9.17) is 0 Å². The van der Waals surface area contributed by atoms with Gasteiger partial charge in [0.05, 0.1) is 0 Å². The molecule has 2 amide bonds. The van der Waals surface area contributed by atoms with E-state index in [0.29, 0.717) is 25.1 Å². The Bertz CT molecular complexity index is 497. The first-order valence-electron chi connectivity index (χ1n) is 7.46. The lowest BCUT2D eigenvalue weighted by molar-refractivity contribution is -0.122. The molecule has 4 nitrogen and oxygen atoms in total. The molecule has 0 aliphatic heterocycles. The summed E-state index contributed by atoms with van der Waals surface area (Å²) in [5.74, 6) is 0.682. The van der Waals surface area contributed by atoms with E-state index in [1.54, 1.807) is 11.8 Å². The molecule has 0 radical (unpaired) electrons. The SMILES string of the molecule is CCC(C)NC(=O)CCNC(=O)CCSc1ccccc1Br. The molecule has 0 heterocycles. The standard InChI is InChI=1S/C16H23BrN2O2S/c1-3-12(2)19-16(21)8-10-18-15(20)9-11-22-14-7-5-4-6-13(14)17/h4-7,12H,3,8-11H2,1-2H3,(H,18,20)(H,19,21). The van der Waals surface area contributed by atoms with E-state index in [2.05, 4.69) is 26.6 Å². The summed E-state index contributed by atoms with van der Waals surface area (Å²) >= 11 is 5.12. The van der Waals surface area contributed by atoms with E-state index < -0.39 is 0 Å². The van der Waals surface area contributed by atoms with Gasteiger partial charge in [-0.3, -0.25) is 9.59 Å². The molecule has 122 valence electrons. The van der Waals surface area contributed by atoms with Crippen LogP contribution >= 0.6 is 27.7 Å². The monoisotopic (exact) mass is 386 g/mol. The number of amides is 2. The Morgan fingerprint density at radius 3 is 2.64 bits per heavy atom. The molecule has 0 aromatic heterocycles. The van der Waals surface area contributed by atoms with Crippen molar-refractivity contribution < 1.29 is 9.59 Å². The molecule has 0 saturated carbocycles. The lowest BCUT2D eigenvalue weighted by Gasteiger charge is -2.11. The van der Waals surface area contributed by atoms with Gasteiger partial charge in [0.25, 0.3) is 0 Å². The topological polar surface area (TPSA) is 58.2 Å². The van der Waals surface area contributed by atoms with Crippen LogP contribution in [0.4, 0.5) is 0 Å². The van der Waals surface area contributed by atoms with E-state index >= 15 is 0 Å². The summed E-state index contributed by atoms with van der Waals surface area (Å²) in [5.41, 5.74) is 0. The molecule has 6 heteroatoms. The molecule has 1 unspecified atom stereocenters. The van der Waals surface area contributed by atoms with E-state index in [1.807, 2.05) is 38.1 Å². The number of benzene rings is 1. The van der Waals surface area contributed by atoms with Crippen molar-refractivity contribution in [2.75, 3.05) is 12.3 Å². The molecule has 2 N–H and O–H groups in total. The first kappa shape index (κ1) is 19.0. The lowest BCUT2D eigenvalue weighted by atomic mass is 10.2. The second-order valence-electron chi connectivity index (χ2n) is 5.01. The fourth-order valence-corrected chi connectivity index (χ4v) is 3.18. The number of halogens is 1. The van der Waals surface area contributed by atoms with Crippen molar-refractivity contribution in [3.8, 4) is 0 Å². The van der Waals surface area contributed by atoms with Crippen molar-refractivity contribution in [3.63, 3.8) is 0 Å². The maximum absolute atomic E-state index is 11.7. The average Bonchev–Trinajstić information content (AvgIpc) is 2.49. The number of carbonyl (C=O) groups excluding carboxylic acids is 2. The van der Waals surface area contributed by atoms with Crippen molar-refractivity contribution in [1.29, 1.82) is 0 Å². The van der Waals surface area contributed by atoms with Crippen LogP contribution in [0.5, 0.6) is 0 Å². The van der Waals surface area contributed by atoms with Gasteiger partial charge in [0, 0.05) is 40.5 Å². The molecule has 22 heavy (non-hydrogen) atoms. The first-order valence-corrected chi connectivity index (χ1v) is 9.24. The summed E-state index contributed by atoms with van der Waals surface area (Å²) in [6, 6.07) is 8.13. The molecule has 1 atom stereocenters. The van der Waals surface area contributed by atoms with E-state index in [0.717, 1.165) is 15.8 Å². The Kier molecular flexibility index (Phi) is 9.24. The second-order valence-corrected chi connectivity index (χ2v) is 7.00. The number of thioether (sulfide) groups is 1. The van der Waals surface area contributed by atoms with Crippen LogP contribution in [0.25, 0.3) is 0 Å². The largest absolute Gasteiger partial charge is 0.356 e. The predicted octanol–water partition coefficient (Wildman–Crippen LogP) is 3.35. The van der Waals surface area contributed by atoms with Gasteiger partial charge in [-0.05, 0) is 41.4 Å². The van der Waals surface area contributed by atoms with Crippen molar-refractivity contribution in [1.82, 2.24) is 10.6 Å². The summed E-state index contributed by atoms with van der Waals surface area (Å²) in [6.45, 7) is 4.38. The minimum Gasteiger partial charge on any atom is -0.356 e. The Morgan fingerprint density at radius 2 is 1.95 bits per heavy atom. The number of rotatable bonds is 9. The zero-order valence-electron chi connectivity index (χ0n) is 13.0. The molecular weight excluding hydrogens is 364 g/mol. The molecule has 1 aromatic carbocycles. The Morgan fingerprint density at radius 1 is 1.23 bits per heavy atom. The van der Waals surface area contributed by atoms with Gasteiger partial charge in [-0.15, -0.1) is 11.8 Å². The Labute approximate surface area is 144 Å². The molecule has 0 saturated heterocycles. The first-order chi connectivity index (χ1) is 10.5. The van der Waals surface area contributed by atoms with E-state index in [9.17, 15) is 9.59 Å². The van der Waals surface area contributed by atoms with Crippen LogP contribution in [0.1, 0.15) is 33.1 Å². The predicted molar refractivity (Wildman–Crippen MR) is 95.0 cm³/mol. The summed E-state index contributed by atoms with van der Waals surface area (Å²) in [6.07, 6.45) is 1.68. The van der Waals surface area contributed by atoms with Crippen molar-refractivity contribution >= 4 is 39.5 Å². The number of carbonyl (C=O) groups is 2. The second kappa shape index (κ2) is 10.7. The van der Waals surface area contributed by atoms with E-state index in [-0.39, 0.29) is 17.9 Å². The number of hydrogen-bond donors (Lipinski definition) is 2. The third-order valence-electron chi connectivity index (χ3n) is 3.12. The van der Waals surface area contributed by atoms with Gasteiger partial charge in [0.15, 0.2) is 0 Å². The highest BCUT2D eigenvalue weighted by Gasteiger charge is 2.07. The highest BCUT2D eigenvalue weighted by atomic mass is 79.9. The van der Waals surface area contributed by atoms with Gasteiger partial charge >= 0.3 is 0 Å². The lowest BCUT2D eigenvalue weighted by Crippen LogP contribution is -2.35. The van der Waals surface area contributed by atoms with Gasteiger partial charge in [-0.2, -0.15) is 0 Å². The van der Waals surface area contributed by atoms with Gasteiger partial charge in [0.1, 0.15) is 0 Å². The fourth-order valence-electron chi connectivity index (χ4n) is 1.67. The Balaban J connectivity index is 2.14. The zero-order valence-corrected chi connectivity index (χ0v) is 15.4. The molecule has 0 spiro atoms. The average molecular weight is 387 g/mol. The van der Waals surface area contributed by atoms with Crippen LogP contribution in [-0.2, 0) is 9.59 Å². The smallest absolute Gasteiger partial charge is 0.221 e. The maximum Gasteiger partial charge on any atom is 0.221 e. The molecule has 0 aliphatic rings. The molecular formula is C16H23BrN2O2S. The fraction of sp³-hybridized carbons (Fsp3) is 0.500. The van der Waals surface area contributed by atoms with Gasteiger partial charge in [0.2, 0.25) is 11.8 Å². The minimum absolute atomic E-state index is 0.0164. The van der Waals surface area contributed by atoms with Crippen molar-refractivity contribution in [2.45, 2.75) is 44.0 Å². The van der Waals surface area contributed by atoms with Crippen LogP contribution in [0.3, 0.4) is 0 Å². The van der Waals surface area contributed by atoms with Gasteiger partial charge in [-0.1, -0.05) is 19.1 Å². The molecule has 0 fully saturated rings. The molecule has 1 rings (SSSR count). The molecule has 0 bridgehead atoms. The highest BCUT2D eigenvalue weighted by molar-refractivity contribution is 9.10. The third kappa shape index (κ3) is 7.84. The minimum atomic E-state index is -0.0177.